The molecule has 1 saturated heterocycles. The number of aliphatic hydroxyl groups excluding tert-OH is 4. The normalized spacial score (nSPS) is 27.0. The Morgan fingerprint density at radius 3 is 2.72 bits per heavy atom. The second-order valence-electron chi connectivity index (χ2n) is 6.68. The van der Waals surface area contributed by atoms with Gasteiger partial charge in [0, 0.05) is 12.0 Å². The first-order valence-corrected chi connectivity index (χ1v) is 9.08. The van der Waals surface area contributed by atoms with Crippen molar-refractivity contribution in [3.8, 4) is 17.0 Å². The molecule has 0 unspecified atom stereocenters. The molecule has 0 bridgehead atoms. The molecule has 29 heavy (non-hydrogen) atoms. The van der Waals surface area contributed by atoms with Gasteiger partial charge in [0.1, 0.15) is 35.9 Å². The largest absolute Gasteiger partial charge is 0.494 e. The maximum absolute atomic E-state index is 10.5. The summed E-state index contributed by atoms with van der Waals surface area (Å²) in [5.74, 6) is -0.345. The molecule has 5 N–H and O–H groups in total. The summed E-state index contributed by atoms with van der Waals surface area (Å²) in [5, 5.41) is 55.9. The Labute approximate surface area is 165 Å². The zero-order valence-corrected chi connectivity index (χ0v) is 15.4. The van der Waals surface area contributed by atoms with Crippen molar-refractivity contribution < 1.29 is 39.8 Å². The van der Waals surface area contributed by atoms with Gasteiger partial charge >= 0.3 is 5.97 Å². The Kier molecular flexibility index (Phi) is 6.77. The predicted molar refractivity (Wildman–Crippen MR) is 96.8 cm³/mol. The van der Waals surface area contributed by atoms with Gasteiger partial charge in [-0.25, -0.2) is 4.68 Å². The number of carboxylic acid groups (broad SMARTS) is 1. The molecule has 0 amide bonds. The first-order valence-electron chi connectivity index (χ1n) is 9.08. The summed E-state index contributed by atoms with van der Waals surface area (Å²) in [6, 6.07) is 6.95. The fourth-order valence-electron chi connectivity index (χ4n) is 2.99. The molecule has 5 atom stereocenters. The van der Waals surface area contributed by atoms with E-state index in [1.165, 1.54) is 10.9 Å². The van der Waals surface area contributed by atoms with Gasteiger partial charge in [-0.3, -0.25) is 4.79 Å². The van der Waals surface area contributed by atoms with Crippen LogP contribution in [0.15, 0.2) is 30.5 Å². The van der Waals surface area contributed by atoms with Gasteiger partial charge in [0.2, 0.25) is 0 Å². The van der Waals surface area contributed by atoms with Crippen molar-refractivity contribution in [3.63, 3.8) is 0 Å². The van der Waals surface area contributed by atoms with Crippen LogP contribution in [0.1, 0.15) is 19.1 Å². The number of aromatic nitrogens is 3. The lowest BCUT2D eigenvalue weighted by atomic mass is 9.98. The Morgan fingerprint density at radius 1 is 1.21 bits per heavy atom. The third kappa shape index (κ3) is 4.89. The summed E-state index contributed by atoms with van der Waals surface area (Å²) in [6.45, 7) is -0.280. The smallest absolute Gasteiger partial charge is 0.303 e. The Bertz CT molecular complexity index is 827. The van der Waals surface area contributed by atoms with E-state index in [0.717, 1.165) is 0 Å². The number of aliphatic hydroxyl groups is 4. The summed E-state index contributed by atoms with van der Waals surface area (Å²) in [7, 11) is 0. The maximum Gasteiger partial charge on any atom is 0.303 e. The van der Waals surface area contributed by atoms with E-state index >= 15 is 0 Å². The molecular formula is C18H23N3O8. The molecule has 1 aliphatic rings. The van der Waals surface area contributed by atoms with Crippen molar-refractivity contribution in [3.05, 3.63) is 30.5 Å². The number of benzene rings is 1. The van der Waals surface area contributed by atoms with Crippen molar-refractivity contribution in [1.29, 1.82) is 0 Å². The molecule has 1 fully saturated rings. The van der Waals surface area contributed by atoms with Gasteiger partial charge in [-0.2, -0.15) is 0 Å². The zero-order valence-electron chi connectivity index (χ0n) is 15.4. The van der Waals surface area contributed by atoms with Gasteiger partial charge < -0.3 is 35.0 Å². The van der Waals surface area contributed by atoms with E-state index in [9.17, 15) is 25.2 Å². The van der Waals surface area contributed by atoms with Crippen LogP contribution in [0.25, 0.3) is 11.3 Å². The van der Waals surface area contributed by atoms with Crippen LogP contribution in [0.4, 0.5) is 0 Å². The minimum absolute atomic E-state index is 0.0209. The summed E-state index contributed by atoms with van der Waals surface area (Å²) >= 11 is 0. The second-order valence-corrected chi connectivity index (χ2v) is 6.68. The molecule has 0 spiro atoms. The van der Waals surface area contributed by atoms with E-state index in [0.29, 0.717) is 23.4 Å². The molecular weight excluding hydrogens is 386 g/mol. The lowest BCUT2D eigenvalue weighted by molar-refractivity contribution is -0.254. The molecule has 2 aromatic rings. The highest BCUT2D eigenvalue weighted by Crippen LogP contribution is 2.29. The van der Waals surface area contributed by atoms with Crippen LogP contribution in [0.2, 0.25) is 0 Å². The first kappa shape index (κ1) is 21.1. The SMILES string of the molecule is O=C(O)CCCOc1cccc(-c2cn([C@H]3O[C@H](CO)[C@@H](O)[C@H](O)[C@@H]3O)nn2)c1. The van der Waals surface area contributed by atoms with Crippen molar-refractivity contribution >= 4 is 5.97 Å². The van der Waals surface area contributed by atoms with Gasteiger partial charge in [0.25, 0.3) is 0 Å². The van der Waals surface area contributed by atoms with E-state index in [-0.39, 0.29) is 13.0 Å². The molecule has 0 saturated carbocycles. The summed E-state index contributed by atoms with van der Waals surface area (Å²) < 4.78 is 12.2. The van der Waals surface area contributed by atoms with Crippen LogP contribution < -0.4 is 4.74 Å². The monoisotopic (exact) mass is 409 g/mol. The van der Waals surface area contributed by atoms with E-state index in [2.05, 4.69) is 10.3 Å². The van der Waals surface area contributed by atoms with Gasteiger partial charge in [-0.05, 0) is 18.6 Å². The van der Waals surface area contributed by atoms with Gasteiger partial charge in [0.15, 0.2) is 6.23 Å². The number of carbonyl (C=O) groups is 1. The van der Waals surface area contributed by atoms with Crippen LogP contribution in [-0.4, -0.2) is 84.1 Å². The molecule has 158 valence electrons. The third-order valence-electron chi connectivity index (χ3n) is 4.57. The number of rotatable bonds is 8. The fourth-order valence-corrected chi connectivity index (χ4v) is 2.99. The number of aliphatic carboxylic acids is 1. The summed E-state index contributed by atoms with van der Waals surface area (Å²) in [5.41, 5.74) is 1.11. The molecule has 1 aliphatic heterocycles. The summed E-state index contributed by atoms with van der Waals surface area (Å²) in [6.07, 6.45) is -4.72. The average molecular weight is 409 g/mol. The molecule has 3 rings (SSSR count). The highest BCUT2D eigenvalue weighted by Gasteiger charge is 2.44. The Balaban J connectivity index is 1.71. The van der Waals surface area contributed by atoms with Crippen molar-refractivity contribution in [2.24, 2.45) is 0 Å². The number of carboxylic acids is 1. The van der Waals surface area contributed by atoms with Gasteiger partial charge in [-0.15, -0.1) is 5.10 Å². The third-order valence-corrected chi connectivity index (χ3v) is 4.57. The highest BCUT2D eigenvalue weighted by atomic mass is 16.6. The minimum atomic E-state index is -1.51. The van der Waals surface area contributed by atoms with E-state index < -0.39 is 43.2 Å². The summed E-state index contributed by atoms with van der Waals surface area (Å²) in [4.78, 5) is 10.5. The average Bonchev–Trinajstić information content (AvgIpc) is 3.20. The van der Waals surface area contributed by atoms with Gasteiger partial charge in [-0.1, -0.05) is 17.3 Å². The molecule has 2 heterocycles. The van der Waals surface area contributed by atoms with E-state index in [1.54, 1.807) is 24.3 Å². The van der Waals surface area contributed by atoms with Crippen LogP contribution in [0.3, 0.4) is 0 Å². The Morgan fingerprint density at radius 2 is 2.00 bits per heavy atom. The number of hydrogen-bond donors (Lipinski definition) is 5. The van der Waals surface area contributed by atoms with Crippen molar-refractivity contribution in [1.82, 2.24) is 15.0 Å². The second kappa shape index (κ2) is 9.29. The number of nitrogens with zero attached hydrogens (tertiary/aromatic N) is 3. The van der Waals surface area contributed by atoms with Crippen LogP contribution >= 0.6 is 0 Å². The highest BCUT2D eigenvalue weighted by molar-refractivity contribution is 5.66. The first-order chi connectivity index (χ1) is 13.9. The standard InChI is InChI=1S/C18H23N3O8/c22-9-13-15(25)16(26)17(27)18(29-13)21-8-12(19-20-21)10-3-1-4-11(7-10)28-6-2-5-14(23)24/h1,3-4,7-8,13,15-18,22,25-27H,2,5-6,9H2,(H,23,24)/t13-,15-,16+,17+,18+/m1/s1. The maximum atomic E-state index is 10.5. The van der Waals surface area contributed by atoms with E-state index in [1.807, 2.05) is 0 Å². The number of ether oxygens (including phenoxy) is 2. The lowest BCUT2D eigenvalue weighted by Gasteiger charge is -2.39. The number of hydrogen-bond acceptors (Lipinski definition) is 9. The zero-order chi connectivity index (χ0) is 21.0. The van der Waals surface area contributed by atoms with Crippen molar-refractivity contribution in [2.75, 3.05) is 13.2 Å². The quantitative estimate of drug-likeness (QED) is 0.347. The molecule has 11 nitrogen and oxygen atoms in total. The lowest BCUT2D eigenvalue weighted by Crippen LogP contribution is -2.56. The topological polar surface area (TPSA) is 167 Å². The van der Waals surface area contributed by atoms with Crippen LogP contribution in [0, 0.1) is 0 Å². The van der Waals surface area contributed by atoms with Crippen LogP contribution in [-0.2, 0) is 9.53 Å². The van der Waals surface area contributed by atoms with Gasteiger partial charge in [0.05, 0.1) is 19.4 Å². The molecule has 0 radical (unpaired) electrons. The fraction of sp³-hybridized carbons (Fsp3) is 0.500. The molecule has 0 aliphatic carbocycles. The molecule has 11 heteroatoms. The minimum Gasteiger partial charge on any atom is -0.494 e. The molecule has 1 aromatic heterocycles. The van der Waals surface area contributed by atoms with E-state index in [4.69, 9.17) is 14.6 Å². The predicted octanol–water partition coefficient (Wildman–Crippen LogP) is -0.839. The van der Waals surface area contributed by atoms with Crippen LogP contribution in [0.5, 0.6) is 5.75 Å². The Hall–Kier alpha value is -2.57. The van der Waals surface area contributed by atoms with Crippen molar-refractivity contribution in [2.45, 2.75) is 43.5 Å². The molecule has 1 aromatic carbocycles.